The predicted molar refractivity (Wildman–Crippen MR) is 112 cm³/mol. The number of hydrogen-bond donors (Lipinski definition) is 1. The lowest BCUT2D eigenvalue weighted by atomic mass is 10.2. The highest BCUT2D eigenvalue weighted by Crippen LogP contribution is 2.33. The molecule has 2 amide bonds. The summed E-state index contributed by atoms with van der Waals surface area (Å²) in [6.07, 6.45) is 3.35. The van der Waals surface area contributed by atoms with Crippen molar-refractivity contribution in [3.63, 3.8) is 0 Å². The Kier molecular flexibility index (Phi) is 5.72. The molecule has 1 N–H and O–H groups in total. The van der Waals surface area contributed by atoms with E-state index in [-0.39, 0.29) is 28.6 Å². The van der Waals surface area contributed by atoms with Gasteiger partial charge in [0.15, 0.2) is 0 Å². The van der Waals surface area contributed by atoms with Gasteiger partial charge < -0.3 is 14.8 Å². The first-order chi connectivity index (χ1) is 14.4. The van der Waals surface area contributed by atoms with E-state index in [1.807, 2.05) is 11.5 Å². The number of carbonyl (C=O) groups is 1. The Bertz CT molecular complexity index is 1070. The molecule has 5 nitrogen and oxygen atoms in total. The maximum absolute atomic E-state index is 14.1. The zero-order valence-corrected chi connectivity index (χ0v) is 17.2. The van der Waals surface area contributed by atoms with Crippen LogP contribution in [0.1, 0.15) is 36.0 Å². The van der Waals surface area contributed by atoms with Crippen molar-refractivity contribution in [1.29, 1.82) is 0 Å². The molecule has 156 valence electrons. The number of likely N-dealkylation sites (tertiary alicyclic amines) is 1. The second kappa shape index (κ2) is 8.44. The monoisotopic (exact) mass is 430 g/mol. The van der Waals surface area contributed by atoms with Gasteiger partial charge in [-0.3, -0.25) is 0 Å². The molecule has 1 saturated heterocycles. The van der Waals surface area contributed by atoms with E-state index < -0.39 is 5.82 Å². The molecule has 30 heavy (non-hydrogen) atoms. The van der Waals surface area contributed by atoms with E-state index in [0.29, 0.717) is 13.1 Å². The van der Waals surface area contributed by atoms with Gasteiger partial charge in [0, 0.05) is 30.0 Å². The number of aromatic nitrogens is 2. The summed E-state index contributed by atoms with van der Waals surface area (Å²) in [7, 11) is 0. The fourth-order valence-electron chi connectivity index (χ4n) is 3.78. The number of urea groups is 1. The molecule has 0 spiro atoms. The number of nitrogens with one attached hydrogen (secondary N) is 1. The van der Waals surface area contributed by atoms with Crippen LogP contribution < -0.4 is 5.32 Å². The first-order valence-corrected chi connectivity index (χ1v) is 10.1. The molecule has 1 aliphatic rings. The molecule has 2 aromatic carbocycles. The molecule has 1 aliphatic heterocycles. The van der Waals surface area contributed by atoms with Crippen LogP contribution in [0.2, 0.25) is 5.02 Å². The number of imidazole rings is 1. The van der Waals surface area contributed by atoms with Crippen LogP contribution >= 0.6 is 11.6 Å². The van der Waals surface area contributed by atoms with E-state index in [9.17, 15) is 13.6 Å². The number of hydrogen-bond acceptors (Lipinski definition) is 2. The number of aryl methyl sites for hydroxylation is 1. The minimum atomic E-state index is -0.583. The van der Waals surface area contributed by atoms with Crippen LogP contribution in [0.25, 0.3) is 0 Å². The summed E-state index contributed by atoms with van der Waals surface area (Å²) in [6.45, 7) is 3.02. The molecular weight excluding hydrogens is 410 g/mol. The molecule has 0 bridgehead atoms. The molecule has 3 aromatic rings. The average Bonchev–Trinajstić information content (AvgIpc) is 3.33. The van der Waals surface area contributed by atoms with E-state index >= 15 is 0 Å². The topological polar surface area (TPSA) is 50.2 Å². The standard InChI is InChI=1S/C22H21ClF2N4O/c1-14-12-26-21(29(14)13-15-4-7-17(24)8-5-15)20-3-2-10-28(20)22(30)27-19-9-6-16(23)11-18(19)25/h4-9,11-12,20H,2-3,10,13H2,1H3,(H,27,30). The van der Waals surface area contributed by atoms with Crippen molar-refractivity contribution in [2.45, 2.75) is 32.4 Å². The summed E-state index contributed by atoms with van der Waals surface area (Å²) >= 11 is 5.78. The zero-order chi connectivity index (χ0) is 21.3. The zero-order valence-electron chi connectivity index (χ0n) is 16.4. The van der Waals surface area contributed by atoms with Gasteiger partial charge in [-0.1, -0.05) is 23.7 Å². The van der Waals surface area contributed by atoms with Crippen molar-refractivity contribution in [2.24, 2.45) is 0 Å². The Balaban J connectivity index is 1.56. The predicted octanol–water partition coefficient (Wildman–Crippen LogP) is 5.54. The molecular formula is C22H21ClF2N4O. The van der Waals surface area contributed by atoms with Gasteiger partial charge in [0.25, 0.3) is 0 Å². The molecule has 1 fully saturated rings. The normalized spacial score (nSPS) is 16.1. The quantitative estimate of drug-likeness (QED) is 0.590. The van der Waals surface area contributed by atoms with Crippen molar-refractivity contribution in [1.82, 2.24) is 14.5 Å². The summed E-state index contributed by atoms with van der Waals surface area (Å²) in [6, 6.07) is 9.86. The third kappa shape index (κ3) is 4.16. The Hall–Kier alpha value is -2.93. The number of halogens is 3. The maximum Gasteiger partial charge on any atom is 0.322 e. The van der Waals surface area contributed by atoms with Gasteiger partial charge in [-0.15, -0.1) is 0 Å². The van der Waals surface area contributed by atoms with Gasteiger partial charge in [-0.25, -0.2) is 18.6 Å². The number of benzene rings is 2. The fraction of sp³-hybridized carbons (Fsp3) is 0.273. The largest absolute Gasteiger partial charge is 0.326 e. The summed E-state index contributed by atoms with van der Waals surface area (Å²) in [5.74, 6) is -0.101. The molecule has 1 atom stereocenters. The molecule has 1 unspecified atom stereocenters. The summed E-state index contributed by atoms with van der Waals surface area (Å²) < 4.78 is 29.4. The van der Waals surface area contributed by atoms with Crippen LogP contribution in [0.3, 0.4) is 0 Å². The van der Waals surface area contributed by atoms with E-state index in [1.165, 1.54) is 24.3 Å². The molecule has 0 aliphatic carbocycles. The van der Waals surface area contributed by atoms with Gasteiger partial charge in [-0.05, 0) is 55.7 Å². The third-order valence-electron chi connectivity index (χ3n) is 5.32. The first-order valence-electron chi connectivity index (χ1n) is 9.71. The Morgan fingerprint density at radius 1 is 1.23 bits per heavy atom. The lowest BCUT2D eigenvalue weighted by Crippen LogP contribution is -2.35. The highest BCUT2D eigenvalue weighted by molar-refractivity contribution is 6.30. The van der Waals surface area contributed by atoms with Crippen LogP contribution in [0.15, 0.2) is 48.7 Å². The van der Waals surface area contributed by atoms with Crippen molar-refractivity contribution in [3.8, 4) is 0 Å². The lowest BCUT2D eigenvalue weighted by Gasteiger charge is -2.26. The van der Waals surface area contributed by atoms with Crippen LogP contribution in [0.4, 0.5) is 19.3 Å². The molecule has 1 aromatic heterocycles. The van der Waals surface area contributed by atoms with Gasteiger partial charge >= 0.3 is 6.03 Å². The minimum Gasteiger partial charge on any atom is -0.326 e. The van der Waals surface area contributed by atoms with Crippen molar-refractivity contribution >= 4 is 23.3 Å². The number of nitrogens with zero attached hydrogens (tertiary/aromatic N) is 3. The smallest absolute Gasteiger partial charge is 0.322 e. The highest BCUT2D eigenvalue weighted by Gasteiger charge is 2.33. The number of carbonyl (C=O) groups excluding carboxylic acids is 1. The van der Waals surface area contributed by atoms with Crippen LogP contribution in [-0.4, -0.2) is 27.0 Å². The SMILES string of the molecule is Cc1cnc(C2CCCN2C(=O)Nc2ccc(Cl)cc2F)n1Cc1ccc(F)cc1. The highest BCUT2D eigenvalue weighted by atomic mass is 35.5. The molecule has 0 saturated carbocycles. The summed E-state index contributed by atoms with van der Waals surface area (Å²) in [4.78, 5) is 19.1. The van der Waals surface area contributed by atoms with Crippen LogP contribution in [0.5, 0.6) is 0 Å². The summed E-state index contributed by atoms with van der Waals surface area (Å²) in [5.41, 5.74) is 1.97. The average molecular weight is 431 g/mol. The van der Waals surface area contributed by atoms with Crippen molar-refractivity contribution in [2.75, 3.05) is 11.9 Å². The third-order valence-corrected chi connectivity index (χ3v) is 5.56. The molecule has 0 radical (unpaired) electrons. The number of anilines is 1. The Morgan fingerprint density at radius 3 is 2.73 bits per heavy atom. The van der Waals surface area contributed by atoms with Gasteiger partial charge in [0.1, 0.15) is 17.5 Å². The molecule has 8 heteroatoms. The van der Waals surface area contributed by atoms with Gasteiger partial charge in [0.2, 0.25) is 0 Å². The van der Waals surface area contributed by atoms with Gasteiger partial charge in [-0.2, -0.15) is 0 Å². The molecule has 2 heterocycles. The van der Waals surface area contributed by atoms with E-state index in [1.54, 1.807) is 23.2 Å². The van der Waals surface area contributed by atoms with Gasteiger partial charge in [0.05, 0.1) is 11.7 Å². The second-order valence-electron chi connectivity index (χ2n) is 7.38. The second-order valence-corrected chi connectivity index (χ2v) is 7.81. The fourth-order valence-corrected chi connectivity index (χ4v) is 3.94. The Labute approximate surface area is 178 Å². The number of amides is 2. The minimum absolute atomic E-state index is 0.0842. The number of rotatable bonds is 4. The Morgan fingerprint density at radius 2 is 2.00 bits per heavy atom. The lowest BCUT2D eigenvalue weighted by molar-refractivity contribution is 0.203. The van der Waals surface area contributed by atoms with Crippen molar-refractivity contribution < 1.29 is 13.6 Å². The van der Waals surface area contributed by atoms with Crippen LogP contribution in [-0.2, 0) is 6.54 Å². The maximum atomic E-state index is 14.1. The van der Waals surface area contributed by atoms with E-state index in [4.69, 9.17) is 11.6 Å². The van der Waals surface area contributed by atoms with E-state index in [0.717, 1.165) is 36.0 Å². The summed E-state index contributed by atoms with van der Waals surface area (Å²) in [5, 5.41) is 2.90. The first kappa shape index (κ1) is 20.3. The molecule has 4 rings (SSSR count). The van der Waals surface area contributed by atoms with Crippen LogP contribution in [0, 0.1) is 18.6 Å². The van der Waals surface area contributed by atoms with Crippen molar-refractivity contribution in [3.05, 3.63) is 82.4 Å². The van der Waals surface area contributed by atoms with E-state index in [2.05, 4.69) is 10.3 Å².